The number of pyridine rings is 1. The molecule has 0 radical (unpaired) electrons. The minimum absolute atomic E-state index is 0.132. The van der Waals surface area contributed by atoms with Crippen LogP contribution < -0.4 is 9.47 Å². The topological polar surface area (TPSA) is 75.1 Å². The normalized spacial score (nSPS) is 16.7. The van der Waals surface area contributed by atoms with Crippen LogP contribution >= 0.6 is 23.4 Å². The van der Waals surface area contributed by atoms with Crippen LogP contribution in [0, 0.1) is 5.41 Å². The fraction of sp³-hybridized carbons (Fsp3) is 0.464. The molecule has 1 aromatic heterocycles. The molecule has 4 rings (SSSR count). The van der Waals surface area contributed by atoms with Gasteiger partial charge in [-0.1, -0.05) is 11.6 Å². The zero-order valence-corrected chi connectivity index (χ0v) is 22.5. The Morgan fingerprint density at radius 1 is 1.08 bits per heavy atom. The largest absolute Gasteiger partial charge is 0.497 e. The Morgan fingerprint density at radius 3 is 2.44 bits per heavy atom. The van der Waals surface area contributed by atoms with E-state index in [0.717, 1.165) is 61.3 Å². The molecule has 1 fully saturated rings. The lowest BCUT2D eigenvalue weighted by molar-refractivity contribution is 0.0254. The summed E-state index contributed by atoms with van der Waals surface area (Å²) in [5.74, 6) is 2.60. The van der Waals surface area contributed by atoms with Crippen molar-refractivity contribution in [2.75, 3.05) is 46.2 Å². The van der Waals surface area contributed by atoms with Gasteiger partial charge < -0.3 is 24.6 Å². The molecule has 3 aromatic rings. The lowest BCUT2D eigenvalue weighted by atomic mass is 9.74. The van der Waals surface area contributed by atoms with Gasteiger partial charge in [0.1, 0.15) is 11.5 Å². The van der Waals surface area contributed by atoms with E-state index in [2.05, 4.69) is 22.0 Å². The lowest BCUT2D eigenvalue weighted by Crippen LogP contribution is -2.43. The maximum absolute atomic E-state index is 11.2. The number of hydrogen-bond acceptors (Lipinski definition) is 7. The smallest absolute Gasteiger partial charge is 0.119 e. The molecule has 2 N–H and O–H groups in total. The van der Waals surface area contributed by atoms with Crippen molar-refractivity contribution in [3.05, 3.63) is 59.2 Å². The Kier molecular flexibility index (Phi) is 9.36. The van der Waals surface area contributed by atoms with E-state index >= 15 is 0 Å². The second-order valence-electron chi connectivity index (χ2n) is 9.48. The van der Waals surface area contributed by atoms with E-state index in [0.29, 0.717) is 22.8 Å². The standard InChI is InChI=1S/C28H35ClN2O4S/c1-34-20-3-6-22(7-4-20)36-16-15-31-13-11-28(19-32,12-14-31)10-9-26(33)27-23-17-21(35-2)5-8-25(23)30-18-24(27)29/h3-8,17-18,26,32-33H,9-16,19H2,1-2H3/t26-/m1/s1. The third-order valence-corrected chi connectivity index (χ3v) is 8.63. The van der Waals surface area contributed by atoms with E-state index in [1.807, 2.05) is 42.1 Å². The molecule has 1 atom stereocenters. The van der Waals surface area contributed by atoms with Crippen molar-refractivity contribution in [3.63, 3.8) is 0 Å². The predicted molar refractivity (Wildman–Crippen MR) is 146 cm³/mol. The lowest BCUT2D eigenvalue weighted by Gasteiger charge is -2.41. The molecule has 0 unspecified atom stereocenters. The zero-order chi connectivity index (χ0) is 25.5. The third kappa shape index (κ3) is 6.45. The Hall–Kier alpha value is -2.03. The maximum Gasteiger partial charge on any atom is 0.119 e. The molecule has 0 bridgehead atoms. The first-order valence-electron chi connectivity index (χ1n) is 12.4. The van der Waals surface area contributed by atoms with E-state index < -0.39 is 6.10 Å². The molecule has 0 spiro atoms. The van der Waals surface area contributed by atoms with Crippen molar-refractivity contribution in [2.24, 2.45) is 5.41 Å². The van der Waals surface area contributed by atoms with Gasteiger partial charge in [0, 0.05) is 40.9 Å². The van der Waals surface area contributed by atoms with Gasteiger partial charge in [-0.2, -0.15) is 0 Å². The highest BCUT2D eigenvalue weighted by atomic mass is 35.5. The molecule has 8 heteroatoms. The van der Waals surface area contributed by atoms with Gasteiger partial charge in [0.2, 0.25) is 0 Å². The van der Waals surface area contributed by atoms with Crippen LogP contribution in [0.4, 0.5) is 0 Å². The molecule has 1 aliphatic rings. The highest BCUT2D eigenvalue weighted by Crippen LogP contribution is 2.40. The number of hydrogen-bond donors (Lipinski definition) is 2. The first-order chi connectivity index (χ1) is 17.5. The SMILES string of the molecule is COc1ccc(SCCN2CCC(CO)(CC[C@@H](O)c3c(Cl)cnc4ccc(OC)cc34)CC2)cc1. The number of benzene rings is 2. The molecule has 36 heavy (non-hydrogen) atoms. The van der Waals surface area contributed by atoms with Crippen LogP contribution in [0.25, 0.3) is 10.9 Å². The number of aromatic nitrogens is 1. The fourth-order valence-corrected chi connectivity index (χ4v) is 6.11. The minimum atomic E-state index is -0.738. The van der Waals surface area contributed by atoms with Crippen molar-refractivity contribution >= 4 is 34.3 Å². The number of aliphatic hydroxyl groups is 2. The van der Waals surface area contributed by atoms with E-state index in [4.69, 9.17) is 21.1 Å². The van der Waals surface area contributed by atoms with Crippen LogP contribution in [-0.2, 0) is 0 Å². The quantitative estimate of drug-likeness (QED) is 0.313. The summed E-state index contributed by atoms with van der Waals surface area (Å²) in [7, 11) is 3.30. The second kappa shape index (κ2) is 12.5. The first kappa shape index (κ1) is 27.0. The summed E-state index contributed by atoms with van der Waals surface area (Å²) in [5, 5.41) is 22.7. The highest BCUT2D eigenvalue weighted by molar-refractivity contribution is 7.99. The van der Waals surface area contributed by atoms with E-state index in [1.165, 1.54) is 4.90 Å². The van der Waals surface area contributed by atoms with Crippen LogP contribution in [0.3, 0.4) is 0 Å². The van der Waals surface area contributed by atoms with Gasteiger partial charge in [-0.3, -0.25) is 4.98 Å². The summed E-state index contributed by atoms with van der Waals surface area (Å²) in [4.78, 5) is 8.10. The number of halogens is 1. The Balaban J connectivity index is 1.31. The number of thioether (sulfide) groups is 1. The van der Waals surface area contributed by atoms with Crippen LogP contribution in [0.1, 0.15) is 37.4 Å². The molecular formula is C28H35ClN2O4S. The molecule has 0 amide bonds. The average Bonchev–Trinajstić information content (AvgIpc) is 2.92. The molecular weight excluding hydrogens is 496 g/mol. The van der Waals surface area contributed by atoms with Crippen LogP contribution in [-0.4, -0.2) is 66.3 Å². The summed E-state index contributed by atoms with van der Waals surface area (Å²) in [6, 6.07) is 13.8. The Morgan fingerprint density at radius 2 is 1.78 bits per heavy atom. The van der Waals surface area contributed by atoms with Crippen molar-refractivity contribution in [2.45, 2.75) is 36.7 Å². The molecule has 1 aliphatic heterocycles. The Labute approximate surface area is 222 Å². The number of methoxy groups -OCH3 is 2. The van der Waals surface area contributed by atoms with Gasteiger partial charge in [0.25, 0.3) is 0 Å². The summed E-state index contributed by atoms with van der Waals surface area (Å²) in [5.41, 5.74) is 1.28. The molecule has 2 aromatic carbocycles. The van der Waals surface area contributed by atoms with Gasteiger partial charge >= 0.3 is 0 Å². The summed E-state index contributed by atoms with van der Waals surface area (Å²) >= 11 is 8.33. The van der Waals surface area contributed by atoms with Crippen molar-refractivity contribution < 1.29 is 19.7 Å². The molecule has 0 aliphatic carbocycles. The fourth-order valence-electron chi connectivity index (χ4n) is 4.92. The number of fused-ring (bicyclic) bond motifs is 1. The summed E-state index contributed by atoms with van der Waals surface area (Å²) in [6.45, 7) is 3.06. The number of rotatable bonds is 11. The summed E-state index contributed by atoms with van der Waals surface area (Å²) < 4.78 is 10.6. The number of likely N-dealkylation sites (tertiary alicyclic amines) is 1. The molecule has 2 heterocycles. The maximum atomic E-state index is 11.2. The second-order valence-corrected chi connectivity index (χ2v) is 11.1. The first-order valence-corrected chi connectivity index (χ1v) is 13.7. The number of ether oxygens (including phenoxy) is 2. The highest BCUT2D eigenvalue weighted by Gasteiger charge is 2.34. The van der Waals surface area contributed by atoms with Crippen molar-refractivity contribution in [3.8, 4) is 11.5 Å². The number of piperidine rings is 1. The third-order valence-electron chi connectivity index (χ3n) is 7.34. The van der Waals surface area contributed by atoms with Crippen LogP contribution in [0.5, 0.6) is 11.5 Å². The molecule has 194 valence electrons. The minimum Gasteiger partial charge on any atom is -0.497 e. The van der Waals surface area contributed by atoms with E-state index in [9.17, 15) is 10.2 Å². The average molecular weight is 531 g/mol. The predicted octanol–water partition coefficient (Wildman–Crippen LogP) is 5.59. The summed E-state index contributed by atoms with van der Waals surface area (Å²) in [6.07, 6.45) is 3.97. The monoisotopic (exact) mass is 530 g/mol. The van der Waals surface area contributed by atoms with E-state index in [-0.39, 0.29) is 12.0 Å². The van der Waals surface area contributed by atoms with Crippen LogP contribution in [0.2, 0.25) is 5.02 Å². The Bertz CT molecular complexity index is 1140. The molecule has 6 nitrogen and oxygen atoms in total. The molecule has 1 saturated heterocycles. The molecule has 0 saturated carbocycles. The van der Waals surface area contributed by atoms with E-state index in [1.54, 1.807) is 20.4 Å². The van der Waals surface area contributed by atoms with Crippen LogP contribution in [0.15, 0.2) is 53.6 Å². The van der Waals surface area contributed by atoms with Crippen molar-refractivity contribution in [1.29, 1.82) is 0 Å². The van der Waals surface area contributed by atoms with Gasteiger partial charge in [-0.15, -0.1) is 11.8 Å². The van der Waals surface area contributed by atoms with Gasteiger partial charge in [-0.25, -0.2) is 0 Å². The number of aliphatic hydroxyl groups excluding tert-OH is 2. The van der Waals surface area contributed by atoms with Gasteiger partial charge in [0.15, 0.2) is 0 Å². The van der Waals surface area contributed by atoms with Gasteiger partial charge in [0.05, 0.1) is 30.9 Å². The number of nitrogens with zero attached hydrogens (tertiary/aromatic N) is 2. The van der Waals surface area contributed by atoms with Gasteiger partial charge in [-0.05, 0) is 86.7 Å². The zero-order valence-electron chi connectivity index (χ0n) is 21.0. The van der Waals surface area contributed by atoms with Crippen molar-refractivity contribution in [1.82, 2.24) is 9.88 Å².